The molecule has 0 aromatic rings. The fourth-order valence-electron chi connectivity index (χ4n) is 12.9. The number of amides is 1. The van der Waals surface area contributed by atoms with Crippen molar-refractivity contribution in [2.75, 3.05) is 40.9 Å². The van der Waals surface area contributed by atoms with E-state index in [-0.39, 0.29) is 19.1 Å². The van der Waals surface area contributed by atoms with Gasteiger partial charge in [-0.1, -0.05) is 425 Å². The number of phosphoric acid groups is 1. The van der Waals surface area contributed by atoms with E-state index >= 15 is 0 Å². The molecule has 3 unspecified atom stereocenters. The summed E-state index contributed by atoms with van der Waals surface area (Å²) >= 11 is 0. The molecule has 0 bridgehead atoms. The molecule has 522 valence electrons. The summed E-state index contributed by atoms with van der Waals surface area (Å²) in [6.07, 6.45) is 89.8. The Balaban J connectivity index is 3.83. The maximum atomic E-state index is 13.1. The second-order valence-electron chi connectivity index (χ2n) is 29.2. The normalized spacial score (nSPS) is 13.4. The third kappa shape index (κ3) is 72.8. The lowest BCUT2D eigenvalue weighted by molar-refractivity contribution is -0.870. The van der Waals surface area contributed by atoms with E-state index in [1.807, 2.05) is 21.1 Å². The van der Waals surface area contributed by atoms with Crippen LogP contribution in [0.25, 0.3) is 0 Å². The van der Waals surface area contributed by atoms with Gasteiger partial charge in [0.2, 0.25) is 5.91 Å². The first-order valence-corrected chi connectivity index (χ1v) is 41.4. The largest absolute Gasteiger partial charge is 0.472 e. The van der Waals surface area contributed by atoms with Gasteiger partial charge < -0.3 is 19.8 Å². The third-order valence-corrected chi connectivity index (χ3v) is 20.1. The smallest absolute Gasteiger partial charge is 0.391 e. The lowest BCUT2D eigenvalue weighted by Gasteiger charge is -2.26. The zero-order valence-corrected chi connectivity index (χ0v) is 61.0. The second-order valence-corrected chi connectivity index (χ2v) is 30.6. The highest BCUT2D eigenvalue weighted by atomic mass is 31.2. The van der Waals surface area contributed by atoms with Crippen molar-refractivity contribution in [3.63, 3.8) is 0 Å². The molecule has 0 rings (SSSR count). The van der Waals surface area contributed by atoms with Crippen molar-refractivity contribution in [2.45, 2.75) is 456 Å². The summed E-state index contributed by atoms with van der Waals surface area (Å²) in [7, 11) is 1.65. The van der Waals surface area contributed by atoms with Gasteiger partial charge in [0.05, 0.1) is 39.9 Å². The van der Waals surface area contributed by atoms with E-state index in [0.717, 1.165) is 38.5 Å². The molecule has 9 heteroatoms. The molecule has 0 radical (unpaired) electrons. The van der Waals surface area contributed by atoms with E-state index in [9.17, 15) is 19.4 Å². The van der Waals surface area contributed by atoms with Crippen LogP contribution in [-0.4, -0.2) is 73.4 Å². The molecule has 0 saturated heterocycles. The van der Waals surface area contributed by atoms with Crippen LogP contribution in [0.1, 0.15) is 444 Å². The number of phosphoric ester groups is 1. The summed E-state index contributed by atoms with van der Waals surface area (Å²) in [4.78, 5) is 23.5. The van der Waals surface area contributed by atoms with E-state index in [2.05, 4.69) is 19.2 Å². The van der Waals surface area contributed by atoms with Crippen molar-refractivity contribution < 1.29 is 32.9 Å². The van der Waals surface area contributed by atoms with Gasteiger partial charge in [-0.3, -0.25) is 13.8 Å². The number of aliphatic hydroxyl groups is 1. The maximum absolute atomic E-state index is 13.1. The molecule has 8 nitrogen and oxygen atoms in total. The SMILES string of the molecule is CCCCCCCCCCCCCCCCCCCCCCCCCCCCCCCCCCCCCCCCCCCC(=O)NC(COP(=O)(O)OCC[N+](C)(C)C)C(O)CCCCCCCCCCCCCCCCCCCCCCCCCC. The molecule has 0 saturated carbocycles. The number of hydrogen-bond donors (Lipinski definition) is 3. The second kappa shape index (κ2) is 69.8. The van der Waals surface area contributed by atoms with Crippen LogP contribution in [0.2, 0.25) is 0 Å². The summed E-state index contributed by atoms with van der Waals surface area (Å²) in [5, 5.41) is 14.2. The Bertz CT molecular complexity index is 1380. The molecule has 1 amide bonds. The summed E-state index contributed by atoms with van der Waals surface area (Å²) in [6.45, 7) is 4.97. The molecular formula is C78H160N2O6P+. The van der Waals surface area contributed by atoms with Gasteiger partial charge in [0.1, 0.15) is 13.2 Å². The highest BCUT2D eigenvalue weighted by Crippen LogP contribution is 2.43. The van der Waals surface area contributed by atoms with Gasteiger partial charge in [-0.2, -0.15) is 0 Å². The quantitative estimate of drug-likeness (QED) is 0.0318. The van der Waals surface area contributed by atoms with Crippen LogP contribution in [-0.2, 0) is 18.4 Å². The van der Waals surface area contributed by atoms with Gasteiger partial charge >= 0.3 is 7.82 Å². The topological polar surface area (TPSA) is 105 Å². The number of nitrogens with one attached hydrogen (secondary N) is 1. The molecule has 0 aliphatic rings. The van der Waals surface area contributed by atoms with Gasteiger partial charge in [-0.05, 0) is 12.8 Å². The minimum atomic E-state index is -4.33. The molecule has 0 aromatic carbocycles. The average Bonchev–Trinajstić information content (AvgIpc) is 3.71. The Hall–Kier alpha value is -0.500. The average molecular weight is 1250 g/mol. The molecule has 0 aromatic heterocycles. The van der Waals surface area contributed by atoms with Crippen molar-refractivity contribution in [1.29, 1.82) is 0 Å². The molecule has 3 atom stereocenters. The van der Waals surface area contributed by atoms with Crippen molar-refractivity contribution in [1.82, 2.24) is 5.32 Å². The zero-order chi connectivity index (χ0) is 63.4. The van der Waals surface area contributed by atoms with Gasteiger partial charge in [0.25, 0.3) is 0 Å². The van der Waals surface area contributed by atoms with Crippen LogP contribution in [0.15, 0.2) is 0 Å². The van der Waals surface area contributed by atoms with Gasteiger partial charge in [0.15, 0.2) is 0 Å². The Morgan fingerprint density at radius 3 is 0.770 bits per heavy atom. The molecule has 3 N–H and O–H groups in total. The van der Waals surface area contributed by atoms with E-state index in [4.69, 9.17) is 9.05 Å². The highest BCUT2D eigenvalue weighted by Gasteiger charge is 2.28. The molecule has 87 heavy (non-hydrogen) atoms. The maximum Gasteiger partial charge on any atom is 0.472 e. The predicted molar refractivity (Wildman–Crippen MR) is 383 cm³/mol. The Labute approximate surface area is 546 Å². The first-order valence-electron chi connectivity index (χ1n) is 39.9. The summed E-state index contributed by atoms with van der Waals surface area (Å²) in [5.41, 5.74) is 0. The Kier molecular flexibility index (Phi) is 69.4. The standard InChI is InChI=1S/C78H159N2O6P/c1-6-8-10-12-14-16-18-20-22-24-26-28-30-32-33-34-35-36-37-38-39-40-41-42-43-44-45-46-47-48-50-52-54-56-58-60-62-64-66-68-70-72-78(82)79-76(75-86-87(83,84)85-74-73-80(3,4)5)77(81)71-69-67-65-63-61-59-57-55-53-51-49-31-29-27-25-23-21-19-17-15-13-11-9-7-2/h76-77,81H,6-75H2,1-5H3,(H-,79,82,83,84)/p+1. The number of carbonyl (C=O) groups is 1. The zero-order valence-electron chi connectivity index (χ0n) is 60.1. The monoisotopic (exact) mass is 1250 g/mol. The van der Waals surface area contributed by atoms with Crippen molar-refractivity contribution >= 4 is 13.7 Å². The molecule has 0 aliphatic carbocycles. The number of quaternary nitrogens is 1. The summed E-state index contributed by atoms with van der Waals surface area (Å²) in [5.74, 6) is -0.132. The van der Waals surface area contributed by atoms with E-state index in [0.29, 0.717) is 23.9 Å². The highest BCUT2D eigenvalue weighted by molar-refractivity contribution is 7.47. The Morgan fingerprint density at radius 2 is 0.552 bits per heavy atom. The van der Waals surface area contributed by atoms with Gasteiger partial charge in [0, 0.05) is 6.42 Å². The van der Waals surface area contributed by atoms with Crippen LogP contribution < -0.4 is 5.32 Å². The van der Waals surface area contributed by atoms with Crippen molar-refractivity contribution in [3.8, 4) is 0 Å². The number of unbranched alkanes of at least 4 members (excludes halogenated alkanes) is 63. The van der Waals surface area contributed by atoms with Crippen molar-refractivity contribution in [3.05, 3.63) is 0 Å². The van der Waals surface area contributed by atoms with Crippen molar-refractivity contribution in [2.24, 2.45) is 0 Å². The number of hydrogen-bond acceptors (Lipinski definition) is 5. The summed E-state index contributed by atoms with van der Waals surface area (Å²) < 4.78 is 23.9. The van der Waals surface area contributed by atoms with Crippen LogP contribution in [0.5, 0.6) is 0 Å². The number of rotatable bonds is 76. The number of aliphatic hydroxyl groups excluding tert-OH is 1. The van der Waals surface area contributed by atoms with Gasteiger partial charge in [-0.25, -0.2) is 4.57 Å². The van der Waals surface area contributed by atoms with E-state index in [1.165, 1.54) is 379 Å². The number of carbonyl (C=O) groups excluding carboxylic acids is 1. The molecule has 0 aliphatic heterocycles. The first kappa shape index (κ1) is 86.5. The van der Waals surface area contributed by atoms with Crippen LogP contribution in [0, 0.1) is 0 Å². The molecule has 0 heterocycles. The minimum Gasteiger partial charge on any atom is -0.391 e. The fourth-order valence-corrected chi connectivity index (χ4v) is 13.7. The minimum absolute atomic E-state index is 0.0796. The summed E-state index contributed by atoms with van der Waals surface area (Å²) in [6, 6.07) is -0.757. The van der Waals surface area contributed by atoms with Gasteiger partial charge in [-0.15, -0.1) is 0 Å². The number of likely N-dealkylation sites (N-methyl/N-ethyl adjacent to an activating group) is 1. The number of nitrogens with zero attached hydrogens (tertiary/aromatic N) is 1. The van der Waals surface area contributed by atoms with Crippen LogP contribution in [0.3, 0.4) is 0 Å². The molecule has 0 spiro atoms. The third-order valence-electron chi connectivity index (χ3n) is 19.1. The van der Waals surface area contributed by atoms with Crippen LogP contribution in [0.4, 0.5) is 0 Å². The van der Waals surface area contributed by atoms with Crippen LogP contribution >= 0.6 is 7.82 Å². The van der Waals surface area contributed by atoms with E-state index < -0.39 is 20.0 Å². The lowest BCUT2D eigenvalue weighted by Crippen LogP contribution is -2.46. The fraction of sp³-hybridized carbons (Fsp3) is 0.987. The molecular weight excluding hydrogens is 1090 g/mol. The Morgan fingerprint density at radius 1 is 0.345 bits per heavy atom. The predicted octanol–water partition coefficient (Wildman–Crippen LogP) is 25.8. The lowest BCUT2D eigenvalue weighted by atomic mass is 10.0. The van der Waals surface area contributed by atoms with E-state index in [1.54, 1.807) is 0 Å². The molecule has 0 fully saturated rings. The first-order chi connectivity index (χ1) is 42.5.